The second kappa shape index (κ2) is 4.81. The third kappa shape index (κ3) is 2.95. The maximum absolute atomic E-state index is 5.49. The summed E-state index contributed by atoms with van der Waals surface area (Å²) in [7, 11) is 0. The molecule has 0 fully saturated rings. The van der Waals surface area contributed by atoms with Crippen molar-refractivity contribution in [3.05, 3.63) is 36.8 Å². The van der Waals surface area contributed by atoms with Gasteiger partial charge in [0.05, 0.1) is 6.61 Å². The van der Waals surface area contributed by atoms with Crippen LogP contribution in [-0.4, -0.2) is 6.61 Å². The summed E-state index contributed by atoms with van der Waals surface area (Å²) in [6.45, 7) is 6.59. The highest BCUT2D eigenvalue weighted by Crippen LogP contribution is 2.12. The number of benzene rings is 1. The van der Waals surface area contributed by atoms with Crippen LogP contribution in [0, 0.1) is 13.8 Å². The molecule has 0 N–H and O–H groups in total. The molecule has 0 unspecified atom stereocenters. The molecule has 1 aromatic carbocycles. The Morgan fingerprint density at radius 3 is 2.92 bits per heavy atom. The molecule has 0 amide bonds. The lowest BCUT2D eigenvalue weighted by atomic mass is 10.2. The zero-order chi connectivity index (χ0) is 8.81. The van der Waals surface area contributed by atoms with E-state index in [4.69, 9.17) is 4.74 Å². The zero-order valence-electron chi connectivity index (χ0n) is 7.55. The lowest BCUT2D eigenvalue weighted by Crippen LogP contribution is -1.96. The molecule has 0 atom stereocenters. The first-order chi connectivity index (χ1) is 5.83. The normalized spacial score (nSPS) is 9.83. The van der Waals surface area contributed by atoms with Crippen molar-refractivity contribution in [3.63, 3.8) is 0 Å². The Balaban J connectivity index is 2.41. The number of aryl methyl sites for hydroxylation is 1. The Kier molecular flexibility index (Phi) is 3.65. The molecule has 1 nitrogen and oxygen atoms in total. The van der Waals surface area contributed by atoms with Gasteiger partial charge in [-0.05, 0) is 31.0 Å². The van der Waals surface area contributed by atoms with Gasteiger partial charge in [0.2, 0.25) is 0 Å². The molecular formula is C11H15O. The number of hydrogen-bond donors (Lipinski definition) is 0. The SMILES string of the molecule is [CH2]CCCOc1cccc(C)c1. The van der Waals surface area contributed by atoms with Gasteiger partial charge < -0.3 is 4.74 Å². The van der Waals surface area contributed by atoms with Gasteiger partial charge in [-0.15, -0.1) is 0 Å². The van der Waals surface area contributed by atoms with Gasteiger partial charge in [-0.2, -0.15) is 0 Å². The van der Waals surface area contributed by atoms with Crippen LogP contribution in [0.5, 0.6) is 5.75 Å². The highest BCUT2D eigenvalue weighted by molar-refractivity contribution is 5.27. The van der Waals surface area contributed by atoms with Crippen LogP contribution in [0.2, 0.25) is 0 Å². The second-order valence-corrected chi connectivity index (χ2v) is 2.87. The summed E-state index contributed by atoms with van der Waals surface area (Å²) in [6, 6.07) is 8.10. The highest BCUT2D eigenvalue weighted by Gasteiger charge is 1.91. The molecule has 0 heterocycles. The third-order valence-corrected chi connectivity index (χ3v) is 1.65. The van der Waals surface area contributed by atoms with E-state index in [1.54, 1.807) is 0 Å². The van der Waals surface area contributed by atoms with Gasteiger partial charge in [-0.25, -0.2) is 0 Å². The van der Waals surface area contributed by atoms with Gasteiger partial charge >= 0.3 is 0 Å². The topological polar surface area (TPSA) is 9.23 Å². The minimum absolute atomic E-state index is 0.771. The summed E-state index contributed by atoms with van der Waals surface area (Å²) < 4.78 is 5.49. The number of unbranched alkanes of at least 4 members (excludes halogenated alkanes) is 1. The van der Waals surface area contributed by atoms with Crippen molar-refractivity contribution in [1.82, 2.24) is 0 Å². The molecule has 0 aliphatic heterocycles. The number of ether oxygens (including phenoxy) is 1. The first-order valence-corrected chi connectivity index (χ1v) is 4.31. The predicted molar refractivity (Wildman–Crippen MR) is 51.3 cm³/mol. The average Bonchev–Trinajstić information content (AvgIpc) is 2.05. The number of rotatable bonds is 4. The van der Waals surface area contributed by atoms with E-state index in [0.29, 0.717) is 0 Å². The molecule has 0 saturated carbocycles. The highest BCUT2D eigenvalue weighted by atomic mass is 16.5. The molecule has 65 valence electrons. The summed E-state index contributed by atoms with van der Waals surface area (Å²) in [4.78, 5) is 0. The summed E-state index contributed by atoms with van der Waals surface area (Å²) in [6.07, 6.45) is 1.96. The van der Waals surface area contributed by atoms with Gasteiger partial charge in [0.15, 0.2) is 0 Å². The molecule has 1 rings (SSSR count). The van der Waals surface area contributed by atoms with Crippen molar-refractivity contribution in [3.8, 4) is 5.75 Å². The maximum atomic E-state index is 5.49. The summed E-state index contributed by atoms with van der Waals surface area (Å²) in [5, 5.41) is 0. The van der Waals surface area contributed by atoms with Crippen LogP contribution < -0.4 is 4.74 Å². The Hall–Kier alpha value is -0.980. The average molecular weight is 163 g/mol. The van der Waals surface area contributed by atoms with E-state index in [2.05, 4.69) is 19.9 Å². The van der Waals surface area contributed by atoms with Crippen molar-refractivity contribution in [2.24, 2.45) is 0 Å². The quantitative estimate of drug-likeness (QED) is 0.620. The number of hydrogen-bond acceptors (Lipinski definition) is 1. The summed E-state index contributed by atoms with van der Waals surface area (Å²) in [5.74, 6) is 0.962. The first kappa shape index (κ1) is 9.11. The van der Waals surface area contributed by atoms with E-state index < -0.39 is 0 Å². The smallest absolute Gasteiger partial charge is 0.119 e. The molecule has 0 spiro atoms. The summed E-state index contributed by atoms with van der Waals surface area (Å²) in [5.41, 5.74) is 1.24. The third-order valence-electron chi connectivity index (χ3n) is 1.65. The van der Waals surface area contributed by atoms with E-state index >= 15 is 0 Å². The Labute approximate surface area is 74.4 Å². The fourth-order valence-corrected chi connectivity index (χ4v) is 0.997. The van der Waals surface area contributed by atoms with Gasteiger partial charge in [0.25, 0.3) is 0 Å². The lowest BCUT2D eigenvalue weighted by Gasteiger charge is -2.04. The van der Waals surface area contributed by atoms with Gasteiger partial charge in [-0.3, -0.25) is 0 Å². The fourth-order valence-electron chi connectivity index (χ4n) is 0.997. The van der Waals surface area contributed by atoms with Gasteiger partial charge in [0.1, 0.15) is 5.75 Å². The molecule has 0 aromatic heterocycles. The van der Waals surface area contributed by atoms with Crippen molar-refractivity contribution >= 4 is 0 Å². The Morgan fingerprint density at radius 2 is 2.25 bits per heavy atom. The monoisotopic (exact) mass is 163 g/mol. The van der Waals surface area contributed by atoms with Crippen LogP contribution in [0.15, 0.2) is 24.3 Å². The molecule has 1 heteroatoms. The standard InChI is InChI=1S/C11H15O/c1-3-4-8-12-11-7-5-6-10(2)9-11/h5-7,9H,1,3-4,8H2,2H3. The van der Waals surface area contributed by atoms with Gasteiger partial charge in [0, 0.05) is 0 Å². The second-order valence-electron chi connectivity index (χ2n) is 2.87. The van der Waals surface area contributed by atoms with Gasteiger partial charge in [-0.1, -0.05) is 25.5 Å². The minimum atomic E-state index is 0.771. The van der Waals surface area contributed by atoms with Crippen LogP contribution in [0.3, 0.4) is 0 Å². The molecular weight excluding hydrogens is 148 g/mol. The van der Waals surface area contributed by atoms with E-state index in [1.165, 1.54) is 5.56 Å². The zero-order valence-corrected chi connectivity index (χ0v) is 7.55. The van der Waals surface area contributed by atoms with Crippen LogP contribution >= 0.6 is 0 Å². The molecule has 1 radical (unpaired) electrons. The molecule has 0 aliphatic rings. The maximum Gasteiger partial charge on any atom is 0.119 e. The van der Waals surface area contributed by atoms with Crippen LogP contribution in [0.4, 0.5) is 0 Å². The largest absolute Gasteiger partial charge is 0.494 e. The van der Waals surface area contributed by atoms with Crippen molar-refractivity contribution in [1.29, 1.82) is 0 Å². The summed E-state index contributed by atoms with van der Waals surface area (Å²) >= 11 is 0. The van der Waals surface area contributed by atoms with E-state index in [0.717, 1.165) is 25.2 Å². The van der Waals surface area contributed by atoms with E-state index in [-0.39, 0.29) is 0 Å². The molecule has 0 aliphatic carbocycles. The van der Waals surface area contributed by atoms with Crippen molar-refractivity contribution < 1.29 is 4.74 Å². The van der Waals surface area contributed by atoms with Crippen LogP contribution in [-0.2, 0) is 0 Å². The molecule has 1 aromatic rings. The Morgan fingerprint density at radius 1 is 1.42 bits per heavy atom. The van der Waals surface area contributed by atoms with Crippen molar-refractivity contribution in [2.75, 3.05) is 6.61 Å². The Bertz CT molecular complexity index is 230. The molecule has 0 bridgehead atoms. The van der Waals surface area contributed by atoms with E-state index in [9.17, 15) is 0 Å². The molecule has 12 heavy (non-hydrogen) atoms. The van der Waals surface area contributed by atoms with Crippen LogP contribution in [0.1, 0.15) is 18.4 Å². The van der Waals surface area contributed by atoms with E-state index in [1.807, 2.05) is 18.2 Å². The lowest BCUT2D eigenvalue weighted by molar-refractivity contribution is 0.311. The fraction of sp³-hybridized carbons (Fsp3) is 0.364. The minimum Gasteiger partial charge on any atom is -0.494 e. The molecule has 0 saturated heterocycles. The predicted octanol–water partition coefficient (Wildman–Crippen LogP) is 2.99. The van der Waals surface area contributed by atoms with Crippen molar-refractivity contribution in [2.45, 2.75) is 19.8 Å². The first-order valence-electron chi connectivity index (χ1n) is 4.31. The van der Waals surface area contributed by atoms with Crippen LogP contribution in [0.25, 0.3) is 0 Å².